The summed E-state index contributed by atoms with van der Waals surface area (Å²) in [7, 11) is 0. The van der Waals surface area contributed by atoms with E-state index in [1.165, 1.54) is 66.1 Å². The fourth-order valence-electron chi connectivity index (χ4n) is 9.22. The molecule has 0 heterocycles. The van der Waals surface area contributed by atoms with Gasteiger partial charge in [0.1, 0.15) is 0 Å². The molecule has 0 spiro atoms. The van der Waals surface area contributed by atoms with Gasteiger partial charge in [-0.1, -0.05) is 194 Å². The van der Waals surface area contributed by atoms with Gasteiger partial charge in [-0.15, -0.1) is 0 Å². The minimum atomic E-state index is 1.09. The summed E-state index contributed by atoms with van der Waals surface area (Å²) in [6, 6.07) is 96.0. The molecule has 0 aliphatic carbocycles. The first-order chi connectivity index (χ1) is 31.8. The number of fused-ring (bicyclic) bond motifs is 2. The molecule has 11 rings (SSSR count). The molecule has 0 aliphatic rings. The molecule has 11 aromatic carbocycles. The number of rotatable bonds is 10. The van der Waals surface area contributed by atoms with Gasteiger partial charge in [0.05, 0.1) is 0 Å². The van der Waals surface area contributed by atoms with E-state index in [2.05, 4.69) is 277 Å². The zero-order chi connectivity index (χ0) is 42.7. The van der Waals surface area contributed by atoms with E-state index in [1.54, 1.807) is 0 Å². The molecule has 0 aromatic heterocycles. The first kappa shape index (κ1) is 38.5. The lowest BCUT2D eigenvalue weighted by atomic mass is 9.85. The molecule has 2 heteroatoms. The summed E-state index contributed by atoms with van der Waals surface area (Å²) in [5.41, 5.74) is 16.4. The second kappa shape index (κ2) is 17.1. The van der Waals surface area contributed by atoms with Crippen molar-refractivity contribution in [2.45, 2.75) is 0 Å². The van der Waals surface area contributed by atoms with E-state index in [0.717, 1.165) is 34.1 Å². The Hall–Kier alpha value is -8.46. The van der Waals surface area contributed by atoms with Crippen molar-refractivity contribution in [2.75, 3.05) is 9.80 Å². The summed E-state index contributed by atoms with van der Waals surface area (Å²) in [5, 5.41) is 4.98. The Labute approximate surface area is 375 Å². The van der Waals surface area contributed by atoms with Gasteiger partial charge in [0, 0.05) is 34.1 Å². The van der Waals surface area contributed by atoms with Crippen LogP contribution in [0.1, 0.15) is 0 Å². The first-order valence-corrected chi connectivity index (χ1v) is 21.9. The van der Waals surface area contributed by atoms with E-state index in [1.807, 2.05) is 0 Å². The third-order valence-corrected chi connectivity index (χ3v) is 12.3. The highest BCUT2D eigenvalue weighted by Gasteiger charge is 2.19. The Morgan fingerprint density at radius 1 is 0.156 bits per heavy atom. The van der Waals surface area contributed by atoms with Crippen LogP contribution in [0, 0.1) is 0 Å². The van der Waals surface area contributed by atoms with Crippen LogP contribution in [0.3, 0.4) is 0 Å². The molecular formula is C62H44N2. The van der Waals surface area contributed by atoms with Crippen LogP contribution in [0.25, 0.3) is 66.1 Å². The fourth-order valence-corrected chi connectivity index (χ4v) is 9.22. The topological polar surface area (TPSA) is 6.48 Å². The molecule has 0 N–H and O–H groups in total. The molecule has 64 heavy (non-hydrogen) atoms. The summed E-state index contributed by atoms with van der Waals surface area (Å²) in [4.78, 5) is 4.63. The number of benzene rings is 11. The molecule has 0 saturated carbocycles. The van der Waals surface area contributed by atoms with Crippen LogP contribution in [0.5, 0.6) is 0 Å². The van der Waals surface area contributed by atoms with Gasteiger partial charge in [-0.05, 0) is 139 Å². The molecule has 0 radical (unpaired) electrons. The largest absolute Gasteiger partial charge is 0.311 e. The average molecular weight is 817 g/mol. The number of para-hydroxylation sites is 3. The maximum absolute atomic E-state index is 2.34. The van der Waals surface area contributed by atoms with Crippen molar-refractivity contribution in [3.8, 4) is 44.5 Å². The van der Waals surface area contributed by atoms with Gasteiger partial charge in [0.2, 0.25) is 0 Å². The van der Waals surface area contributed by atoms with Crippen LogP contribution in [-0.2, 0) is 0 Å². The lowest BCUT2D eigenvalue weighted by Crippen LogP contribution is -2.09. The van der Waals surface area contributed by atoms with Crippen LogP contribution in [0.15, 0.2) is 267 Å². The molecule has 0 fully saturated rings. The van der Waals surface area contributed by atoms with Crippen molar-refractivity contribution < 1.29 is 0 Å². The Bertz CT molecular complexity index is 3220. The number of hydrogen-bond donors (Lipinski definition) is 0. The van der Waals surface area contributed by atoms with E-state index in [4.69, 9.17) is 0 Å². The number of hydrogen-bond acceptors (Lipinski definition) is 2. The minimum Gasteiger partial charge on any atom is -0.311 e. The van der Waals surface area contributed by atoms with Gasteiger partial charge in [-0.2, -0.15) is 0 Å². The van der Waals surface area contributed by atoms with Gasteiger partial charge < -0.3 is 9.80 Å². The monoisotopic (exact) mass is 816 g/mol. The highest BCUT2D eigenvalue weighted by Crippen LogP contribution is 2.45. The molecule has 0 atom stereocenters. The highest BCUT2D eigenvalue weighted by molar-refractivity contribution is 6.21. The predicted molar refractivity (Wildman–Crippen MR) is 273 cm³/mol. The van der Waals surface area contributed by atoms with E-state index >= 15 is 0 Å². The zero-order valence-electron chi connectivity index (χ0n) is 35.3. The molecule has 0 unspecified atom stereocenters. The van der Waals surface area contributed by atoms with Gasteiger partial charge in [0.25, 0.3) is 0 Å². The lowest BCUT2D eigenvalue weighted by molar-refractivity contribution is 1.28. The van der Waals surface area contributed by atoms with E-state index in [-0.39, 0.29) is 0 Å². The summed E-state index contributed by atoms with van der Waals surface area (Å²) in [5.74, 6) is 0. The van der Waals surface area contributed by atoms with Crippen molar-refractivity contribution in [3.63, 3.8) is 0 Å². The zero-order valence-corrected chi connectivity index (χ0v) is 35.3. The average Bonchev–Trinajstić information content (AvgIpc) is 3.38. The third-order valence-electron chi connectivity index (χ3n) is 12.3. The Kier molecular flexibility index (Phi) is 10.3. The first-order valence-electron chi connectivity index (χ1n) is 21.9. The second-order valence-corrected chi connectivity index (χ2v) is 16.1. The molecular weight excluding hydrogens is 773 g/mol. The molecule has 11 aromatic rings. The molecule has 0 amide bonds. The summed E-state index contributed by atoms with van der Waals surface area (Å²) in [6.07, 6.45) is 0. The van der Waals surface area contributed by atoms with Gasteiger partial charge in [0.15, 0.2) is 0 Å². The fraction of sp³-hybridized carbons (Fsp3) is 0. The highest BCUT2D eigenvalue weighted by atomic mass is 15.1. The third kappa shape index (κ3) is 7.38. The van der Waals surface area contributed by atoms with Crippen LogP contribution < -0.4 is 9.80 Å². The maximum Gasteiger partial charge on any atom is 0.0462 e. The van der Waals surface area contributed by atoms with Crippen molar-refractivity contribution in [3.05, 3.63) is 267 Å². The van der Waals surface area contributed by atoms with Crippen LogP contribution >= 0.6 is 0 Å². The molecule has 302 valence electrons. The molecule has 0 aliphatic heterocycles. The number of nitrogens with zero attached hydrogens (tertiary/aromatic N) is 2. The number of anilines is 6. The van der Waals surface area contributed by atoms with Crippen molar-refractivity contribution in [1.82, 2.24) is 0 Å². The minimum absolute atomic E-state index is 1.09. The standard InChI is InChI=1S/C62H44N2/c1-5-17-45(18-6-1)46-29-31-49(32-30-46)61-57-25-13-15-27-59(57)62(60-28-16-14-26-58(60)61)50-37-43-56(44-38-50)64(53-23-11-4-12-24-53)55-41-35-48(36-42-55)47-33-39-54(40-34-47)63(51-19-7-2-8-20-51)52-21-9-3-10-22-52/h1-44H. The lowest BCUT2D eigenvalue weighted by Gasteiger charge is -2.26. The van der Waals surface area contributed by atoms with E-state index < -0.39 is 0 Å². The summed E-state index contributed by atoms with van der Waals surface area (Å²) >= 11 is 0. The second-order valence-electron chi connectivity index (χ2n) is 16.1. The molecule has 0 saturated heterocycles. The smallest absolute Gasteiger partial charge is 0.0462 e. The van der Waals surface area contributed by atoms with Gasteiger partial charge in [-0.3, -0.25) is 0 Å². The van der Waals surface area contributed by atoms with Crippen LogP contribution in [-0.4, -0.2) is 0 Å². The van der Waals surface area contributed by atoms with Gasteiger partial charge in [-0.25, -0.2) is 0 Å². The molecule has 0 bridgehead atoms. The summed E-state index contributed by atoms with van der Waals surface area (Å²) in [6.45, 7) is 0. The van der Waals surface area contributed by atoms with Crippen molar-refractivity contribution in [2.24, 2.45) is 0 Å². The Morgan fingerprint density at radius 3 is 0.672 bits per heavy atom. The van der Waals surface area contributed by atoms with Gasteiger partial charge >= 0.3 is 0 Å². The maximum atomic E-state index is 2.34. The quantitative estimate of drug-likeness (QED) is 0.127. The Morgan fingerprint density at radius 2 is 0.359 bits per heavy atom. The van der Waals surface area contributed by atoms with Crippen molar-refractivity contribution >= 4 is 55.7 Å². The normalized spacial score (nSPS) is 11.1. The van der Waals surface area contributed by atoms with Crippen LogP contribution in [0.4, 0.5) is 34.1 Å². The SMILES string of the molecule is c1ccc(-c2ccc(-c3c4ccccc4c(-c4ccc(N(c5ccccc5)c5ccc(-c6ccc(N(c7ccccc7)c7ccccc7)cc6)cc5)cc4)c4ccccc34)cc2)cc1. The predicted octanol–water partition coefficient (Wildman–Crippen LogP) is 17.6. The summed E-state index contributed by atoms with van der Waals surface area (Å²) < 4.78 is 0. The van der Waals surface area contributed by atoms with Crippen molar-refractivity contribution in [1.29, 1.82) is 0 Å². The Balaban J connectivity index is 0.930. The van der Waals surface area contributed by atoms with Crippen LogP contribution in [0.2, 0.25) is 0 Å². The van der Waals surface area contributed by atoms with E-state index in [9.17, 15) is 0 Å². The molecule has 2 nitrogen and oxygen atoms in total. The van der Waals surface area contributed by atoms with E-state index in [0.29, 0.717) is 0 Å².